The van der Waals surface area contributed by atoms with Gasteiger partial charge in [-0.2, -0.15) is 0 Å². The second-order valence-corrected chi connectivity index (χ2v) is 3.85. The monoisotopic (exact) mass is 243 g/mol. The number of amides is 1. The van der Waals surface area contributed by atoms with Gasteiger partial charge in [0.25, 0.3) is 0 Å². The molecule has 1 amide bonds. The molecule has 0 aliphatic carbocycles. The van der Waals surface area contributed by atoms with Crippen LogP contribution in [0.2, 0.25) is 0 Å². The van der Waals surface area contributed by atoms with E-state index in [1.54, 1.807) is 13.0 Å². The van der Waals surface area contributed by atoms with Gasteiger partial charge in [-0.1, -0.05) is 36.4 Å². The number of benzene rings is 2. The Balaban J connectivity index is 2.58. The van der Waals surface area contributed by atoms with Crippen LogP contribution in [0.3, 0.4) is 0 Å². The summed E-state index contributed by atoms with van der Waals surface area (Å²) in [5.41, 5.74) is 0.628. The average molecular weight is 243 g/mol. The van der Waals surface area contributed by atoms with Gasteiger partial charge in [0.2, 0.25) is 0 Å². The average Bonchev–Trinajstić information content (AvgIpc) is 2.39. The Labute approximate surface area is 104 Å². The molecule has 18 heavy (non-hydrogen) atoms. The minimum absolute atomic E-state index is 0.319. The van der Waals surface area contributed by atoms with E-state index < -0.39 is 11.9 Å². The number of carbonyl (C=O) groups is 2. The molecule has 2 aromatic rings. The van der Waals surface area contributed by atoms with Crippen molar-refractivity contribution in [3.63, 3.8) is 0 Å². The number of fused-ring (bicyclic) bond motifs is 1. The van der Waals surface area contributed by atoms with Crippen molar-refractivity contribution in [3.8, 4) is 0 Å². The molecule has 92 valence electrons. The van der Waals surface area contributed by atoms with Crippen LogP contribution in [0, 0.1) is 0 Å². The largest absolute Gasteiger partial charge is 0.474 e. The number of nitrogens with zero attached hydrogens (tertiary/aromatic N) is 1. The topological polar surface area (TPSA) is 57.6 Å². The lowest BCUT2D eigenvalue weighted by Crippen LogP contribution is -2.36. The normalized spacial score (nSPS) is 10.3. The SMILES string of the molecule is CCN(C(=O)C(=O)O)c1cccc2ccccc12. The van der Waals surface area contributed by atoms with Crippen LogP contribution in [0.1, 0.15) is 6.92 Å². The van der Waals surface area contributed by atoms with E-state index in [2.05, 4.69) is 0 Å². The standard InChI is InChI=1S/C14H13NO3/c1-2-15(13(16)14(17)18)12-9-5-7-10-6-3-4-8-11(10)12/h3-9H,2H2,1H3,(H,17,18). The van der Waals surface area contributed by atoms with Crippen LogP contribution in [0.25, 0.3) is 10.8 Å². The van der Waals surface area contributed by atoms with Crippen LogP contribution in [-0.4, -0.2) is 23.5 Å². The van der Waals surface area contributed by atoms with E-state index >= 15 is 0 Å². The van der Waals surface area contributed by atoms with Gasteiger partial charge in [-0.05, 0) is 18.4 Å². The van der Waals surface area contributed by atoms with E-state index in [9.17, 15) is 9.59 Å². The van der Waals surface area contributed by atoms with Gasteiger partial charge in [0, 0.05) is 11.9 Å². The predicted molar refractivity (Wildman–Crippen MR) is 69.6 cm³/mol. The van der Waals surface area contributed by atoms with Crippen molar-refractivity contribution in [2.45, 2.75) is 6.92 Å². The maximum atomic E-state index is 11.6. The Morgan fingerprint density at radius 3 is 2.44 bits per heavy atom. The molecule has 0 saturated heterocycles. The van der Waals surface area contributed by atoms with Gasteiger partial charge in [0.15, 0.2) is 0 Å². The maximum absolute atomic E-state index is 11.6. The van der Waals surface area contributed by atoms with Crippen molar-refractivity contribution < 1.29 is 14.7 Å². The molecule has 0 saturated carbocycles. The van der Waals surface area contributed by atoms with E-state index in [-0.39, 0.29) is 0 Å². The third-order valence-corrected chi connectivity index (χ3v) is 2.80. The van der Waals surface area contributed by atoms with Crippen molar-refractivity contribution >= 4 is 28.3 Å². The second kappa shape index (κ2) is 4.87. The van der Waals surface area contributed by atoms with Gasteiger partial charge < -0.3 is 10.0 Å². The van der Waals surface area contributed by atoms with Gasteiger partial charge in [-0.15, -0.1) is 0 Å². The van der Waals surface area contributed by atoms with Crippen molar-refractivity contribution in [2.24, 2.45) is 0 Å². The molecule has 4 heteroatoms. The van der Waals surface area contributed by atoms with Crippen LogP contribution in [-0.2, 0) is 9.59 Å². The van der Waals surface area contributed by atoms with Crippen LogP contribution >= 0.6 is 0 Å². The van der Waals surface area contributed by atoms with Crippen molar-refractivity contribution in [3.05, 3.63) is 42.5 Å². The molecule has 0 heterocycles. The first-order valence-electron chi connectivity index (χ1n) is 5.67. The fourth-order valence-corrected chi connectivity index (χ4v) is 1.98. The Kier molecular flexibility index (Phi) is 3.28. The summed E-state index contributed by atoms with van der Waals surface area (Å²) in [7, 11) is 0. The zero-order valence-electron chi connectivity index (χ0n) is 9.96. The first kappa shape index (κ1) is 12.1. The summed E-state index contributed by atoms with van der Waals surface area (Å²) in [6, 6.07) is 13.1. The lowest BCUT2D eigenvalue weighted by Gasteiger charge is -2.20. The quantitative estimate of drug-likeness (QED) is 0.823. The first-order valence-corrected chi connectivity index (χ1v) is 5.67. The molecule has 0 atom stereocenters. The predicted octanol–water partition coefficient (Wildman–Crippen LogP) is 2.28. The van der Waals surface area contributed by atoms with Crippen LogP contribution < -0.4 is 4.90 Å². The van der Waals surface area contributed by atoms with Crippen LogP contribution in [0.4, 0.5) is 5.69 Å². The van der Waals surface area contributed by atoms with Gasteiger partial charge in [-0.25, -0.2) is 4.79 Å². The minimum atomic E-state index is -1.44. The summed E-state index contributed by atoms with van der Waals surface area (Å²) in [5.74, 6) is -2.35. The van der Waals surface area contributed by atoms with Gasteiger partial charge in [0.1, 0.15) is 0 Å². The van der Waals surface area contributed by atoms with Gasteiger partial charge >= 0.3 is 11.9 Å². The third kappa shape index (κ3) is 2.05. The summed E-state index contributed by atoms with van der Waals surface area (Å²) < 4.78 is 0. The van der Waals surface area contributed by atoms with E-state index in [0.717, 1.165) is 10.8 Å². The summed E-state index contributed by atoms with van der Waals surface area (Å²) in [6.45, 7) is 2.07. The molecule has 0 aromatic heterocycles. The minimum Gasteiger partial charge on any atom is -0.474 e. The number of carbonyl (C=O) groups excluding carboxylic acids is 1. The maximum Gasteiger partial charge on any atom is 0.394 e. The molecule has 1 N–H and O–H groups in total. The number of carboxylic acids is 1. The summed E-state index contributed by atoms with van der Waals surface area (Å²) >= 11 is 0. The Morgan fingerprint density at radius 2 is 1.78 bits per heavy atom. The van der Waals surface area contributed by atoms with Crippen LogP contribution in [0.5, 0.6) is 0 Å². The Bertz CT molecular complexity index is 602. The lowest BCUT2D eigenvalue weighted by atomic mass is 10.1. The number of aliphatic carboxylic acids is 1. The fraction of sp³-hybridized carbons (Fsp3) is 0.143. The van der Waals surface area contributed by atoms with E-state index in [4.69, 9.17) is 5.11 Å². The molecule has 0 unspecified atom stereocenters. The van der Waals surface area contributed by atoms with Crippen molar-refractivity contribution in [2.75, 3.05) is 11.4 Å². The zero-order valence-corrected chi connectivity index (χ0v) is 9.96. The first-order chi connectivity index (χ1) is 8.65. The number of hydrogen-bond donors (Lipinski definition) is 1. The summed E-state index contributed by atoms with van der Waals surface area (Å²) in [4.78, 5) is 23.7. The Morgan fingerprint density at radius 1 is 1.11 bits per heavy atom. The number of carboxylic acid groups (broad SMARTS) is 1. The molecule has 2 aromatic carbocycles. The van der Waals surface area contributed by atoms with Crippen molar-refractivity contribution in [1.29, 1.82) is 0 Å². The number of hydrogen-bond acceptors (Lipinski definition) is 2. The summed E-state index contributed by atoms with van der Waals surface area (Å²) in [6.07, 6.45) is 0. The molecule has 0 spiro atoms. The lowest BCUT2D eigenvalue weighted by molar-refractivity contribution is -0.148. The van der Waals surface area contributed by atoms with E-state index in [0.29, 0.717) is 12.2 Å². The van der Waals surface area contributed by atoms with Gasteiger partial charge in [-0.3, -0.25) is 4.79 Å². The van der Waals surface area contributed by atoms with Crippen LogP contribution in [0.15, 0.2) is 42.5 Å². The smallest absolute Gasteiger partial charge is 0.394 e. The van der Waals surface area contributed by atoms with Crippen molar-refractivity contribution in [1.82, 2.24) is 0 Å². The molecule has 0 fully saturated rings. The highest BCUT2D eigenvalue weighted by Crippen LogP contribution is 2.26. The third-order valence-electron chi connectivity index (χ3n) is 2.80. The zero-order chi connectivity index (χ0) is 13.1. The molecular formula is C14H13NO3. The van der Waals surface area contributed by atoms with Gasteiger partial charge in [0.05, 0.1) is 5.69 Å². The fourth-order valence-electron chi connectivity index (χ4n) is 1.98. The molecule has 0 aliphatic heterocycles. The molecule has 2 rings (SSSR count). The number of likely N-dealkylation sites (N-methyl/N-ethyl adjacent to an activating group) is 1. The highest BCUT2D eigenvalue weighted by molar-refractivity contribution is 6.38. The molecule has 0 aliphatic rings. The summed E-state index contributed by atoms with van der Waals surface area (Å²) in [5, 5.41) is 10.7. The highest BCUT2D eigenvalue weighted by atomic mass is 16.4. The molecular weight excluding hydrogens is 230 g/mol. The number of rotatable bonds is 2. The molecule has 4 nitrogen and oxygen atoms in total. The second-order valence-electron chi connectivity index (χ2n) is 3.85. The Hall–Kier alpha value is -2.36. The van der Waals surface area contributed by atoms with E-state index in [1.807, 2.05) is 36.4 Å². The molecule has 0 bridgehead atoms. The molecule has 0 radical (unpaired) electrons. The van der Waals surface area contributed by atoms with E-state index in [1.165, 1.54) is 4.90 Å². The number of anilines is 1. The highest BCUT2D eigenvalue weighted by Gasteiger charge is 2.22.